The maximum absolute atomic E-state index is 13.8. The van der Waals surface area contributed by atoms with E-state index in [1.807, 2.05) is 47.2 Å². The third kappa shape index (κ3) is 3.07. The van der Waals surface area contributed by atoms with E-state index in [-0.39, 0.29) is 11.9 Å². The fourth-order valence-corrected chi connectivity index (χ4v) is 3.29. The van der Waals surface area contributed by atoms with Gasteiger partial charge in [-0.15, -0.1) is 0 Å². The number of aliphatic hydroxyl groups excluding tert-OH is 1. The van der Waals surface area contributed by atoms with Gasteiger partial charge in [0.2, 0.25) is 0 Å². The van der Waals surface area contributed by atoms with Crippen molar-refractivity contribution in [3.63, 3.8) is 0 Å². The summed E-state index contributed by atoms with van der Waals surface area (Å²) in [6.45, 7) is 0.498. The third-order valence-corrected chi connectivity index (χ3v) is 4.68. The van der Waals surface area contributed by atoms with Gasteiger partial charge in [-0.05, 0) is 48.1 Å². The Morgan fingerprint density at radius 2 is 1.96 bits per heavy atom. The lowest BCUT2D eigenvalue weighted by Gasteiger charge is -2.26. The zero-order chi connectivity index (χ0) is 16.5. The van der Waals surface area contributed by atoms with Crippen LogP contribution in [-0.4, -0.2) is 28.4 Å². The number of para-hydroxylation sites is 1. The summed E-state index contributed by atoms with van der Waals surface area (Å²) in [5, 5.41) is 15.3. The molecule has 0 spiro atoms. The van der Waals surface area contributed by atoms with Gasteiger partial charge in [-0.3, -0.25) is 0 Å². The molecule has 1 fully saturated rings. The molecule has 1 heterocycles. The summed E-state index contributed by atoms with van der Waals surface area (Å²) in [4.78, 5) is 0. The lowest BCUT2D eigenvalue weighted by molar-refractivity contribution is 0.129. The molecule has 24 heavy (non-hydrogen) atoms. The summed E-state index contributed by atoms with van der Waals surface area (Å²) in [6.07, 6.45) is 3.68. The van der Waals surface area contributed by atoms with E-state index in [9.17, 15) is 9.50 Å². The average molecular weight is 324 g/mol. The van der Waals surface area contributed by atoms with Gasteiger partial charge < -0.3 is 15.0 Å². The molecule has 0 bridgehead atoms. The Kier molecular flexibility index (Phi) is 4.08. The van der Waals surface area contributed by atoms with Crippen molar-refractivity contribution in [2.75, 3.05) is 6.54 Å². The van der Waals surface area contributed by atoms with Crippen LogP contribution in [0.1, 0.15) is 24.4 Å². The Bertz CT molecular complexity index is 840. The highest BCUT2D eigenvalue weighted by atomic mass is 19.1. The number of aromatic nitrogens is 1. The second-order valence-electron chi connectivity index (χ2n) is 6.53. The molecule has 1 aromatic heterocycles. The van der Waals surface area contributed by atoms with Crippen LogP contribution in [0, 0.1) is 5.82 Å². The molecule has 124 valence electrons. The fourth-order valence-electron chi connectivity index (χ4n) is 3.29. The third-order valence-electron chi connectivity index (χ3n) is 4.68. The number of aliphatic hydroxyl groups is 1. The summed E-state index contributed by atoms with van der Waals surface area (Å²) in [5.74, 6) is -0.281. The van der Waals surface area contributed by atoms with Crippen LogP contribution in [0.25, 0.3) is 10.9 Å². The second kappa shape index (κ2) is 6.38. The Labute approximate surface area is 140 Å². The highest BCUT2D eigenvalue weighted by Crippen LogP contribution is 2.29. The number of benzene rings is 2. The van der Waals surface area contributed by atoms with Crippen LogP contribution in [-0.2, 0) is 0 Å². The van der Waals surface area contributed by atoms with Crippen molar-refractivity contribution in [2.24, 2.45) is 0 Å². The highest BCUT2D eigenvalue weighted by Gasteiger charge is 2.27. The van der Waals surface area contributed by atoms with Gasteiger partial charge in [0.25, 0.3) is 0 Å². The van der Waals surface area contributed by atoms with E-state index in [1.54, 1.807) is 6.07 Å². The Morgan fingerprint density at radius 1 is 1.12 bits per heavy atom. The fraction of sp³-hybridized carbons (Fsp3) is 0.300. The summed E-state index contributed by atoms with van der Waals surface area (Å²) >= 11 is 0. The number of nitrogens with zero attached hydrogens (tertiary/aromatic N) is 1. The van der Waals surface area contributed by atoms with Crippen LogP contribution in [0.15, 0.2) is 60.8 Å². The normalized spacial score (nSPS) is 17.1. The first-order valence-corrected chi connectivity index (χ1v) is 8.45. The van der Waals surface area contributed by atoms with Gasteiger partial charge >= 0.3 is 0 Å². The molecule has 0 saturated heterocycles. The molecular weight excluding hydrogens is 303 g/mol. The molecule has 0 amide bonds. The van der Waals surface area contributed by atoms with Crippen molar-refractivity contribution in [3.8, 4) is 0 Å². The maximum Gasteiger partial charge on any atom is 0.123 e. The van der Waals surface area contributed by atoms with E-state index in [1.165, 1.54) is 25.0 Å². The van der Waals surface area contributed by atoms with E-state index < -0.39 is 6.10 Å². The van der Waals surface area contributed by atoms with Gasteiger partial charge in [0.15, 0.2) is 0 Å². The Morgan fingerprint density at radius 3 is 2.75 bits per heavy atom. The minimum Gasteiger partial charge on any atom is -0.389 e. The van der Waals surface area contributed by atoms with Crippen molar-refractivity contribution in [1.29, 1.82) is 0 Å². The SMILES string of the molecule is O[C@@H](CNC1CC1)[C@@H](c1cccc(F)c1)n1ccc2ccccc21. The van der Waals surface area contributed by atoms with Crippen molar-refractivity contribution >= 4 is 10.9 Å². The smallest absolute Gasteiger partial charge is 0.123 e. The van der Waals surface area contributed by atoms with E-state index in [0.717, 1.165) is 16.5 Å². The molecule has 0 unspecified atom stereocenters. The summed E-state index contributed by atoms with van der Waals surface area (Å²) in [6, 6.07) is 16.8. The minimum absolute atomic E-state index is 0.281. The van der Waals surface area contributed by atoms with Crippen LogP contribution in [0.4, 0.5) is 4.39 Å². The minimum atomic E-state index is -0.636. The standard InChI is InChI=1S/C20H21FN2O/c21-16-6-3-5-15(12-16)20(19(24)13-22-17-8-9-17)23-11-10-14-4-1-2-7-18(14)23/h1-7,10-12,17,19-20,22,24H,8-9,13H2/t19-,20+/m0/s1. The zero-order valence-corrected chi connectivity index (χ0v) is 13.4. The topological polar surface area (TPSA) is 37.2 Å². The van der Waals surface area contributed by atoms with Crippen molar-refractivity contribution in [1.82, 2.24) is 9.88 Å². The molecule has 3 nitrogen and oxygen atoms in total. The van der Waals surface area contributed by atoms with Crippen molar-refractivity contribution in [3.05, 3.63) is 72.2 Å². The molecule has 4 rings (SSSR count). The molecule has 4 heteroatoms. The number of rotatable bonds is 6. The zero-order valence-electron chi connectivity index (χ0n) is 13.4. The summed E-state index contributed by atoms with van der Waals surface area (Å²) < 4.78 is 15.8. The van der Waals surface area contributed by atoms with Gasteiger partial charge in [0.1, 0.15) is 5.82 Å². The predicted molar refractivity (Wildman–Crippen MR) is 93.5 cm³/mol. The second-order valence-corrected chi connectivity index (χ2v) is 6.53. The van der Waals surface area contributed by atoms with E-state index in [2.05, 4.69) is 5.32 Å². The monoisotopic (exact) mass is 324 g/mol. The molecule has 1 saturated carbocycles. The molecule has 2 aromatic carbocycles. The number of hydrogen-bond acceptors (Lipinski definition) is 2. The van der Waals surface area contributed by atoms with E-state index in [4.69, 9.17) is 0 Å². The van der Waals surface area contributed by atoms with E-state index >= 15 is 0 Å². The largest absolute Gasteiger partial charge is 0.389 e. The van der Waals surface area contributed by atoms with E-state index in [0.29, 0.717) is 12.6 Å². The first-order valence-electron chi connectivity index (χ1n) is 8.45. The molecular formula is C20H21FN2O. The van der Waals surface area contributed by atoms with Gasteiger partial charge in [-0.1, -0.05) is 30.3 Å². The van der Waals surface area contributed by atoms with Crippen LogP contribution in [0.2, 0.25) is 0 Å². The molecule has 0 aliphatic heterocycles. The van der Waals surface area contributed by atoms with Crippen LogP contribution < -0.4 is 5.32 Å². The Balaban J connectivity index is 1.74. The number of hydrogen-bond donors (Lipinski definition) is 2. The Hall–Kier alpha value is -2.17. The molecule has 1 aliphatic rings. The quantitative estimate of drug-likeness (QED) is 0.728. The van der Waals surface area contributed by atoms with Gasteiger partial charge in [-0.25, -0.2) is 4.39 Å². The predicted octanol–water partition coefficient (Wildman–Crippen LogP) is 3.48. The van der Waals surface area contributed by atoms with Crippen LogP contribution in [0.3, 0.4) is 0 Å². The molecule has 1 aliphatic carbocycles. The first-order chi connectivity index (χ1) is 11.7. The molecule has 3 aromatic rings. The van der Waals surface area contributed by atoms with Crippen molar-refractivity contribution in [2.45, 2.75) is 31.0 Å². The number of nitrogens with one attached hydrogen (secondary N) is 1. The molecule has 2 atom stereocenters. The average Bonchev–Trinajstić information content (AvgIpc) is 3.33. The van der Waals surface area contributed by atoms with Crippen LogP contribution in [0.5, 0.6) is 0 Å². The lowest BCUT2D eigenvalue weighted by Crippen LogP contribution is -2.35. The van der Waals surface area contributed by atoms with Gasteiger partial charge in [0, 0.05) is 24.3 Å². The number of fused-ring (bicyclic) bond motifs is 1. The highest BCUT2D eigenvalue weighted by molar-refractivity contribution is 5.80. The summed E-state index contributed by atoms with van der Waals surface area (Å²) in [7, 11) is 0. The van der Waals surface area contributed by atoms with Gasteiger partial charge in [-0.2, -0.15) is 0 Å². The van der Waals surface area contributed by atoms with Crippen LogP contribution >= 0.6 is 0 Å². The molecule has 0 radical (unpaired) electrons. The maximum atomic E-state index is 13.8. The van der Waals surface area contributed by atoms with Crippen molar-refractivity contribution < 1.29 is 9.50 Å². The first kappa shape index (κ1) is 15.4. The molecule has 2 N–H and O–H groups in total. The van der Waals surface area contributed by atoms with Gasteiger partial charge in [0.05, 0.1) is 12.1 Å². The number of halogens is 1. The summed E-state index contributed by atoms with van der Waals surface area (Å²) in [5.41, 5.74) is 1.82. The lowest BCUT2D eigenvalue weighted by atomic mass is 10.0.